The van der Waals surface area contributed by atoms with Crippen LogP contribution in [0.4, 0.5) is 0 Å². The summed E-state index contributed by atoms with van der Waals surface area (Å²) in [5.74, 6) is 1.72. The van der Waals surface area contributed by atoms with Gasteiger partial charge in [0.1, 0.15) is 0 Å². The van der Waals surface area contributed by atoms with Gasteiger partial charge in [0, 0.05) is 12.2 Å². The molecule has 0 aromatic carbocycles. The zero-order chi connectivity index (χ0) is 14.2. The van der Waals surface area contributed by atoms with Crippen molar-refractivity contribution in [2.45, 2.75) is 52.6 Å². The number of aromatic nitrogens is 3. The maximum Gasteiger partial charge on any atom is 0.160 e. The van der Waals surface area contributed by atoms with Crippen LogP contribution in [0.1, 0.15) is 45.9 Å². The van der Waals surface area contributed by atoms with E-state index < -0.39 is 0 Å². The fourth-order valence-electron chi connectivity index (χ4n) is 3.48. The largest absolute Gasteiger partial charge is 0.307 e. The Morgan fingerprint density at radius 1 is 1.35 bits per heavy atom. The molecule has 2 unspecified atom stereocenters. The molecule has 1 aliphatic rings. The van der Waals surface area contributed by atoms with Crippen molar-refractivity contribution in [1.29, 1.82) is 0 Å². The fraction of sp³-hybridized carbons (Fsp3) is 0.625. The number of nitrogens with one attached hydrogen (secondary N) is 1. The Morgan fingerprint density at radius 2 is 2.20 bits per heavy atom. The third-order valence-electron chi connectivity index (χ3n) is 4.60. The molecule has 0 spiro atoms. The van der Waals surface area contributed by atoms with Crippen molar-refractivity contribution >= 4 is 5.65 Å². The van der Waals surface area contributed by atoms with E-state index in [2.05, 4.69) is 40.7 Å². The van der Waals surface area contributed by atoms with E-state index in [1.807, 2.05) is 24.4 Å². The zero-order valence-electron chi connectivity index (χ0n) is 12.6. The summed E-state index contributed by atoms with van der Waals surface area (Å²) in [6.45, 7) is 7.92. The first kappa shape index (κ1) is 13.6. The lowest BCUT2D eigenvalue weighted by Gasteiger charge is -2.39. The van der Waals surface area contributed by atoms with Crippen molar-refractivity contribution in [1.82, 2.24) is 19.9 Å². The Hall–Kier alpha value is -1.42. The fourth-order valence-corrected chi connectivity index (χ4v) is 3.48. The summed E-state index contributed by atoms with van der Waals surface area (Å²) in [6.07, 6.45) is 5.88. The lowest BCUT2D eigenvalue weighted by molar-refractivity contribution is 0.148. The molecular formula is C16H24N4. The number of rotatable bonds is 3. The SMILES string of the molecule is CC1CC(C)(C)CCC1NCc1nnc2ccccn12. The van der Waals surface area contributed by atoms with Crippen LogP contribution < -0.4 is 5.32 Å². The zero-order valence-corrected chi connectivity index (χ0v) is 12.6. The first-order chi connectivity index (χ1) is 9.55. The molecule has 1 N–H and O–H groups in total. The standard InChI is InChI=1S/C16H24N4/c1-12-10-16(2,3)8-7-13(12)17-11-15-19-18-14-6-4-5-9-20(14)15/h4-6,9,12-13,17H,7-8,10-11H2,1-3H3. The maximum absolute atomic E-state index is 4.28. The van der Waals surface area contributed by atoms with Crippen LogP contribution in [0.2, 0.25) is 0 Å². The normalized spacial score (nSPS) is 25.9. The third kappa shape index (κ3) is 2.70. The summed E-state index contributed by atoms with van der Waals surface area (Å²) < 4.78 is 2.06. The highest BCUT2D eigenvalue weighted by Crippen LogP contribution is 2.38. The molecule has 1 saturated carbocycles. The van der Waals surface area contributed by atoms with Crippen molar-refractivity contribution in [2.75, 3.05) is 0 Å². The smallest absolute Gasteiger partial charge is 0.160 e. The van der Waals surface area contributed by atoms with Crippen LogP contribution in [0, 0.1) is 11.3 Å². The van der Waals surface area contributed by atoms with Gasteiger partial charge < -0.3 is 5.32 Å². The van der Waals surface area contributed by atoms with Crippen molar-refractivity contribution in [3.05, 3.63) is 30.2 Å². The molecular weight excluding hydrogens is 248 g/mol. The van der Waals surface area contributed by atoms with E-state index in [-0.39, 0.29) is 0 Å². The molecule has 4 heteroatoms. The summed E-state index contributed by atoms with van der Waals surface area (Å²) in [5.41, 5.74) is 1.42. The van der Waals surface area contributed by atoms with Gasteiger partial charge in [-0.15, -0.1) is 10.2 Å². The summed E-state index contributed by atoms with van der Waals surface area (Å²) >= 11 is 0. The lowest BCUT2D eigenvalue weighted by Crippen LogP contribution is -2.41. The maximum atomic E-state index is 4.28. The van der Waals surface area contributed by atoms with Gasteiger partial charge in [-0.2, -0.15) is 0 Å². The predicted octanol–water partition coefficient (Wildman–Crippen LogP) is 3.03. The van der Waals surface area contributed by atoms with Gasteiger partial charge >= 0.3 is 0 Å². The quantitative estimate of drug-likeness (QED) is 0.934. The topological polar surface area (TPSA) is 42.2 Å². The van der Waals surface area contributed by atoms with Crippen molar-refractivity contribution < 1.29 is 0 Å². The van der Waals surface area contributed by atoms with Crippen molar-refractivity contribution in [3.8, 4) is 0 Å². The molecule has 4 nitrogen and oxygen atoms in total. The summed E-state index contributed by atoms with van der Waals surface area (Å²) in [4.78, 5) is 0. The molecule has 2 atom stereocenters. The average Bonchev–Trinajstić information content (AvgIpc) is 2.80. The van der Waals surface area contributed by atoms with E-state index in [0.29, 0.717) is 11.5 Å². The Morgan fingerprint density at radius 3 is 3.00 bits per heavy atom. The van der Waals surface area contributed by atoms with Gasteiger partial charge in [-0.05, 0) is 42.7 Å². The van der Waals surface area contributed by atoms with E-state index in [4.69, 9.17) is 0 Å². The monoisotopic (exact) mass is 272 g/mol. The number of hydrogen-bond acceptors (Lipinski definition) is 3. The number of nitrogens with zero attached hydrogens (tertiary/aromatic N) is 3. The van der Waals surface area contributed by atoms with E-state index in [1.54, 1.807) is 0 Å². The molecule has 20 heavy (non-hydrogen) atoms. The van der Waals surface area contributed by atoms with Gasteiger partial charge in [0.15, 0.2) is 11.5 Å². The second kappa shape index (κ2) is 5.17. The summed E-state index contributed by atoms with van der Waals surface area (Å²) in [6, 6.07) is 6.60. The molecule has 2 heterocycles. The Bertz CT molecular complexity index is 587. The molecule has 1 aliphatic carbocycles. The van der Waals surface area contributed by atoms with Crippen LogP contribution in [0.5, 0.6) is 0 Å². The molecule has 0 aliphatic heterocycles. The Kier molecular flexibility index (Phi) is 3.50. The van der Waals surface area contributed by atoms with E-state index >= 15 is 0 Å². The van der Waals surface area contributed by atoms with Crippen LogP contribution >= 0.6 is 0 Å². The van der Waals surface area contributed by atoms with E-state index in [9.17, 15) is 0 Å². The first-order valence-corrected chi connectivity index (χ1v) is 7.57. The number of pyridine rings is 1. The van der Waals surface area contributed by atoms with Crippen LogP contribution in [0.15, 0.2) is 24.4 Å². The minimum Gasteiger partial charge on any atom is -0.307 e. The number of hydrogen-bond donors (Lipinski definition) is 1. The molecule has 0 saturated heterocycles. The highest BCUT2D eigenvalue weighted by atomic mass is 15.3. The average molecular weight is 272 g/mol. The minimum absolute atomic E-state index is 0.499. The molecule has 2 aromatic rings. The highest BCUT2D eigenvalue weighted by Gasteiger charge is 2.32. The van der Waals surface area contributed by atoms with Crippen molar-refractivity contribution in [2.24, 2.45) is 11.3 Å². The van der Waals surface area contributed by atoms with Gasteiger partial charge in [0.25, 0.3) is 0 Å². The summed E-state index contributed by atoms with van der Waals surface area (Å²) in [5, 5.41) is 12.2. The molecule has 0 amide bonds. The minimum atomic E-state index is 0.499. The molecule has 2 aromatic heterocycles. The Labute approximate surface area is 120 Å². The first-order valence-electron chi connectivity index (χ1n) is 7.57. The van der Waals surface area contributed by atoms with Crippen LogP contribution in [0.3, 0.4) is 0 Å². The van der Waals surface area contributed by atoms with Crippen molar-refractivity contribution in [3.63, 3.8) is 0 Å². The molecule has 0 bridgehead atoms. The molecule has 108 valence electrons. The highest BCUT2D eigenvalue weighted by molar-refractivity contribution is 5.36. The van der Waals surface area contributed by atoms with Crippen LogP contribution in [-0.4, -0.2) is 20.6 Å². The van der Waals surface area contributed by atoms with Gasteiger partial charge in [-0.1, -0.05) is 26.8 Å². The molecule has 3 rings (SSSR count). The van der Waals surface area contributed by atoms with Crippen LogP contribution in [0.25, 0.3) is 5.65 Å². The Balaban J connectivity index is 1.65. The van der Waals surface area contributed by atoms with Gasteiger partial charge in [0.05, 0.1) is 6.54 Å². The lowest BCUT2D eigenvalue weighted by atomic mass is 9.70. The van der Waals surface area contributed by atoms with Gasteiger partial charge in [-0.3, -0.25) is 4.40 Å². The number of fused-ring (bicyclic) bond motifs is 1. The third-order valence-corrected chi connectivity index (χ3v) is 4.60. The predicted molar refractivity (Wildman–Crippen MR) is 80.4 cm³/mol. The molecule has 0 radical (unpaired) electrons. The summed E-state index contributed by atoms with van der Waals surface area (Å²) in [7, 11) is 0. The van der Waals surface area contributed by atoms with Crippen LogP contribution in [-0.2, 0) is 6.54 Å². The second-order valence-corrected chi connectivity index (χ2v) is 6.92. The van der Waals surface area contributed by atoms with E-state index in [0.717, 1.165) is 23.9 Å². The van der Waals surface area contributed by atoms with Gasteiger partial charge in [0.2, 0.25) is 0 Å². The van der Waals surface area contributed by atoms with Gasteiger partial charge in [-0.25, -0.2) is 0 Å². The molecule has 1 fully saturated rings. The van der Waals surface area contributed by atoms with E-state index in [1.165, 1.54) is 19.3 Å². The second-order valence-electron chi connectivity index (χ2n) is 6.92.